The molecule has 1 N–H and O–H groups in total. The number of aryl methyl sites for hydroxylation is 1. The average Bonchev–Trinajstić information content (AvgIpc) is 3.56. The van der Waals surface area contributed by atoms with Crippen molar-refractivity contribution < 1.29 is 14.4 Å². The van der Waals surface area contributed by atoms with Gasteiger partial charge in [-0.25, -0.2) is 4.98 Å². The van der Waals surface area contributed by atoms with Crippen molar-refractivity contribution in [3.63, 3.8) is 0 Å². The molecule has 2 saturated heterocycles. The number of anilines is 1. The number of benzene rings is 2. The summed E-state index contributed by atoms with van der Waals surface area (Å²) in [6, 6.07) is 13.7. The van der Waals surface area contributed by atoms with Crippen LogP contribution < -0.4 is 5.32 Å². The van der Waals surface area contributed by atoms with E-state index in [-0.39, 0.29) is 23.6 Å². The van der Waals surface area contributed by atoms with E-state index < -0.39 is 0 Å². The van der Waals surface area contributed by atoms with E-state index in [1.807, 2.05) is 52.3 Å². The van der Waals surface area contributed by atoms with Crippen LogP contribution in [0.5, 0.6) is 0 Å². The minimum absolute atomic E-state index is 0.151. The van der Waals surface area contributed by atoms with Gasteiger partial charge >= 0.3 is 0 Å². The first kappa shape index (κ1) is 25.0. The second-order valence-electron chi connectivity index (χ2n) is 10.4. The van der Waals surface area contributed by atoms with Crippen LogP contribution in [0.3, 0.4) is 0 Å². The normalized spacial score (nSPS) is 20.1. The largest absolute Gasteiger partial charge is 0.341 e. The lowest BCUT2D eigenvalue weighted by atomic mass is 9.89. The van der Waals surface area contributed by atoms with Crippen molar-refractivity contribution in [1.29, 1.82) is 0 Å². The summed E-state index contributed by atoms with van der Waals surface area (Å²) in [6.45, 7) is 5.59. The summed E-state index contributed by atoms with van der Waals surface area (Å²) in [7, 11) is 0. The fourth-order valence-electron chi connectivity index (χ4n) is 5.83. The number of rotatable bonds is 6. The fraction of sp³-hybridized carbons (Fsp3) is 0.448. The van der Waals surface area contributed by atoms with Gasteiger partial charge in [-0.2, -0.15) is 0 Å². The van der Waals surface area contributed by atoms with Gasteiger partial charge in [0.15, 0.2) is 5.13 Å². The maximum Gasteiger partial charge on any atom is 0.257 e. The van der Waals surface area contributed by atoms with Crippen molar-refractivity contribution in [2.75, 3.05) is 51.1 Å². The standard InChI is InChI=1S/C29H33N5O3S/c35-25-9-4-12-33(25)16-13-32-14-17-34(18-15-32)28(37)23-7-3-8-24-26(23)30-29(38-24)31-27(36)22-11-10-20-5-1-2-6-21(20)19-22/h1-2,5-6,10-11,19,23H,3-4,7-9,12-18H2,(H,30,31,36). The van der Waals surface area contributed by atoms with Gasteiger partial charge in [0.05, 0.1) is 11.6 Å². The summed E-state index contributed by atoms with van der Waals surface area (Å²) in [5.41, 5.74) is 1.44. The second kappa shape index (κ2) is 10.8. The highest BCUT2D eigenvalue weighted by Gasteiger charge is 2.34. The van der Waals surface area contributed by atoms with Crippen molar-refractivity contribution in [1.82, 2.24) is 19.7 Å². The van der Waals surface area contributed by atoms with Crippen LogP contribution in [0, 0.1) is 0 Å². The van der Waals surface area contributed by atoms with Crippen LogP contribution in [0.1, 0.15) is 52.5 Å². The van der Waals surface area contributed by atoms with E-state index in [4.69, 9.17) is 4.98 Å². The Hall–Kier alpha value is -3.30. The van der Waals surface area contributed by atoms with Crippen LogP contribution in [0.2, 0.25) is 0 Å². The van der Waals surface area contributed by atoms with Crippen LogP contribution in [-0.4, -0.2) is 83.2 Å². The molecule has 1 aromatic heterocycles. The number of carbonyl (C=O) groups is 3. The van der Waals surface area contributed by atoms with Gasteiger partial charge in [0.1, 0.15) is 0 Å². The second-order valence-corrected chi connectivity index (χ2v) is 11.5. The SMILES string of the molecule is O=C(Nc1nc2c(s1)CCCC2C(=O)N1CCN(CCN2CCCC2=O)CC1)c1ccc2ccccc2c1. The number of piperazine rings is 1. The molecular formula is C29H33N5O3S. The highest BCUT2D eigenvalue weighted by Crippen LogP contribution is 2.38. The molecule has 3 aliphatic rings. The molecule has 1 aliphatic carbocycles. The molecule has 3 heterocycles. The van der Waals surface area contributed by atoms with E-state index in [1.54, 1.807) is 0 Å². The Morgan fingerprint density at radius 1 is 0.947 bits per heavy atom. The Morgan fingerprint density at radius 2 is 1.76 bits per heavy atom. The Morgan fingerprint density at radius 3 is 2.55 bits per heavy atom. The smallest absolute Gasteiger partial charge is 0.257 e. The number of thiazole rings is 1. The number of fused-ring (bicyclic) bond motifs is 2. The van der Waals surface area contributed by atoms with Gasteiger partial charge in [0.2, 0.25) is 11.8 Å². The third kappa shape index (κ3) is 5.17. The Labute approximate surface area is 226 Å². The predicted molar refractivity (Wildman–Crippen MR) is 149 cm³/mol. The van der Waals surface area contributed by atoms with Gasteiger partial charge < -0.3 is 9.80 Å². The number of likely N-dealkylation sites (tertiary alicyclic amines) is 1. The van der Waals surface area contributed by atoms with E-state index in [9.17, 15) is 14.4 Å². The molecule has 38 heavy (non-hydrogen) atoms. The molecule has 0 spiro atoms. The monoisotopic (exact) mass is 531 g/mol. The van der Waals surface area contributed by atoms with E-state index in [1.165, 1.54) is 11.3 Å². The van der Waals surface area contributed by atoms with E-state index >= 15 is 0 Å². The summed E-state index contributed by atoms with van der Waals surface area (Å²) in [5, 5.41) is 5.66. The van der Waals surface area contributed by atoms with Crippen LogP contribution in [0.25, 0.3) is 10.8 Å². The van der Waals surface area contributed by atoms with Crippen LogP contribution >= 0.6 is 11.3 Å². The lowest BCUT2D eigenvalue weighted by Gasteiger charge is -2.37. The summed E-state index contributed by atoms with van der Waals surface area (Å²) in [6.07, 6.45) is 4.29. The molecule has 8 nitrogen and oxygen atoms in total. The molecule has 3 amide bonds. The van der Waals surface area contributed by atoms with Gasteiger partial charge in [-0.1, -0.05) is 30.3 Å². The summed E-state index contributed by atoms with van der Waals surface area (Å²) >= 11 is 1.49. The van der Waals surface area contributed by atoms with E-state index in [2.05, 4.69) is 10.2 Å². The molecular weight excluding hydrogens is 498 g/mol. The molecule has 198 valence electrons. The third-order valence-electron chi connectivity index (χ3n) is 8.03. The molecule has 0 saturated carbocycles. The molecule has 3 aromatic rings. The van der Waals surface area contributed by atoms with Crippen molar-refractivity contribution in [2.24, 2.45) is 0 Å². The van der Waals surface area contributed by atoms with Gasteiger partial charge in [0.25, 0.3) is 5.91 Å². The van der Waals surface area contributed by atoms with Crippen molar-refractivity contribution in [3.05, 3.63) is 58.6 Å². The quantitative estimate of drug-likeness (QED) is 0.524. The first-order valence-electron chi connectivity index (χ1n) is 13.6. The van der Waals surface area contributed by atoms with Crippen LogP contribution in [-0.2, 0) is 16.0 Å². The highest BCUT2D eigenvalue weighted by molar-refractivity contribution is 7.16. The third-order valence-corrected chi connectivity index (χ3v) is 9.07. The number of hydrogen-bond donors (Lipinski definition) is 1. The number of amides is 3. The zero-order valence-electron chi connectivity index (χ0n) is 21.5. The first-order valence-corrected chi connectivity index (χ1v) is 14.5. The molecule has 0 radical (unpaired) electrons. The number of aromatic nitrogens is 1. The maximum absolute atomic E-state index is 13.5. The highest BCUT2D eigenvalue weighted by atomic mass is 32.1. The van der Waals surface area contributed by atoms with Gasteiger partial charge in [0, 0.05) is 62.7 Å². The van der Waals surface area contributed by atoms with Gasteiger partial charge in [-0.05, 0) is 48.6 Å². The fourth-order valence-corrected chi connectivity index (χ4v) is 6.89. The predicted octanol–water partition coefficient (Wildman–Crippen LogP) is 3.74. The van der Waals surface area contributed by atoms with Crippen molar-refractivity contribution >= 4 is 45.0 Å². The van der Waals surface area contributed by atoms with Gasteiger partial charge in [-0.3, -0.25) is 24.6 Å². The Balaban J connectivity index is 1.07. The van der Waals surface area contributed by atoms with E-state index in [0.29, 0.717) is 30.2 Å². The summed E-state index contributed by atoms with van der Waals surface area (Å²) in [4.78, 5) is 50.5. The Kier molecular flexibility index (Phi) is 7.12. The molecule has 9 heteroatoms. The maximum atomic E-state index is 13.5. The van der Waals surface area contributed by atoms with Crippen molar-refractivity contribution in [2.45, 2.75) is 38.0 Å². The van der Waals surface area contributed by atoms with E-state index in [0.717, 1.165) is 79.8 Å². The van der Waals surface area contributed by atoms with Crippen LogP contribution in [0.4, 0.5) is 5.13 Å². The van der Waals surface area contributed by atoms with Crippen molar-refractivity contribution in [3.8, 4) is 0 Å². The first-order chi connectivity index (χ1) is 18.5. The minimum Gasteiger partial charge on any atom is -0.341 e. The lowest BCUT2D eigenvalue weighted by molar-refractivity contribution is -0.135. The molecule has 2 fully saturated rings. The summed E-state index contributed by atoms with van der Waals surface area (Å²) < 4.78 is 0. The number of nitrogens with zero attached hydrogens (tertiary/aromatic N) is 4. The lowest BCUT2D eigenvalue weighted by Crippen LogP contribution is -2.51. The van der Waals surface area contributed by atoms with Gasteiger partial charge in [-0.15, -0.1) is 11.3 Å². The van der Waals surface area contributed by atoms with Crippen LogP contribution in [0.15, 0.2) is 42.5 Å². The molecule has 0 bridgehead atoms. The number of hydrogen-bond acceptors (Lipinski definition) is 6. The molecule has 2 aliphatic heterocycles. The topological polar surface area (TPSA) is 85.8 Å². The average molecular weight is 532 g/mol. The Bertz CT molecular complexity index is 1360. The minimum atomic E-state index is -0.241. The number of carbonyl (C=O) groups excluding carboxylic acids is 3. The zero-order valence-corrected chi connectivity index (χ0v) is 22.3. The number of nitrogens with one attached hydrogen (secondary N) is 1. The summed E-state index contributed by atoms with van der Waals surface area (Å²) in [5.74, 6) is -0.00685. The molecule has 6 rings (SSSR count). The molecule has 1 unspecified atom stereocenters. The molecule has 1 atom stereocenters. The zero-order chi connectivity index (χ0) is 26.1. The molecule has 2 aromatic carbocycles.